The van der Waals surface area contributed by atoms with Crippen LogP contribution in [-0.4, -0.2) is 45.3 Å². The molecule has 0 saturated carbocycles. The number of urea groups is 1. The molecule has 6 heteroatoms. The third kappa shape index (κ3) is 4.68. The van der Waals surface area contributed by atoms with Gasteiger partial charge in [0.25, 0.3) is 0 Å². The van der Waals surface area contributed by atoms with Crippen molar-refractivity contribution in [3.8, 4) is 17.2 Å². The molecule has 3 rings (SSSR count). The van der Waals surface area contributed by atoms with Gasteiger partial charge in [0.05, 0.1) is 21.3 Å². The first-order chi connectivity index (χ1) is 13.6. The molecule has 1 heterocycles. The maximum atomic E-state index is 12.5. The monoisotopic (exact) mass is 384 g/mol. The van der Waals surface area contributed by atoms with Gasteiger partial charge in [-0.3, -0.25) is 0 Å². The molecule has 6 nitrogen and oxygen atoms in total. The number of amides is 2. The molecule has 0 unspecified atom stereocenters. The normalized spacial score (nSPS) is 12.9. The Balaban J connectivity index is 1.49. The lowest BCUT2D eigenvalue weighted by Gasteiger charge is -2.29. The average molecular weight is 384 g/mol. The lowest BCUT2D eigenvalue weighted by atomic mass is 9.99. The molecule has 1 N–H and O–H groups in total. The van der Waals surface area contributed by atoms with Crippen LogP contribution in [0, 0.1) is 0 Å². The van der Waals surface area contributed by atoms with Crippen molar-refractivity contribution >= 4 is 6.03 Å². The summed E-state index contributed by atoms with van der Waals surface area (Å²) < 4.78 is 15.9. The van der Waals surface area contributed by atoms with Crippen LogP contribution in [-0.2, 0) is 19.4 Å². The molecular weight excluding hydrogens is 356 g/mol. The van der Waals surface area contributed by atoms with E-state index in [-0.39, 0.29) is 6.03 Å². The summed E-state index contributed by atoms with van der Waals surface area (Å²) in [4.78, 5) is 14.4. The number of nitrogens with one attached hydrogen (secondary N) is 1. The Hall–Kier alpha value is -2.89. The van der Waals surface area contributed by atoms with Crippen molar-refractivity contribution in [1.82, 2.24) is 10.2 Å². The minimum atomic E-state index is -0.0184. The summed E-state index contributed by atoms with van der Waals surface area (Å²) in [5.74, 6) is 2.29. The number of hydrogen-bond donors (Lipinski definition) is 1. The predicted molar refractivity (Wildman–Crippen MR) is 108 cm³/mol. The minimum absolute atomic E-state index is 0.0184. The van der Waals surface area contributed by atoms with Crippen molar-refractivity contribution in [1.29, 1.82) is 0 Å². The summed E-state index contributed by atoms with van der Waals surface area (Å²) in [6, 6.07) is 12.0. The number of carbonyl (C=O) groups is 1. The Bertz CT molecular complexity index is 805. The van der Waals surface area contributed by atoms with Gasteiger partial charge in [0.1, 0.15) is 5.75 Å². The van der Waals surface area contributed by atoms with E-state index >= 15 is 0 Å². The lowest BCUT2D eigenvalue weighted by molar-refractivity contribution is 0.192. The average Bonchev–Trinajstić information content (AvgIpc) is 2.75. The number of nitrogens with zero attached hydrogens (tertiary/aromatic N) is 1. The number of benzene rings is 2. The molecule has 28 heavy (non-hydrogen) atoms. The second kappa shape index (κ2) is 9.35. The molecule has 0 bridgehead atoms. The third-order valence-electron chi connectivity index (χ3n) is 5.08. The fourth-order valence-corrected chi connectivity index (χ4v) is 3.45. The van der Waals surface area contributed by atoms with E-state index in [9.17, 15) is 4.79 Å². The summed E-state index contributed by atoms with van der Waals surface area (Å²) in [5, 5.41) is 3.03. The molecule has 2 aromatic carbocycles. The molecular formula is C22H28N2O4. The number of methoxy groups -OCH3 is 3. The fourth-order valence-electron chi connectivity index (χ4n) is 3.45. The van der Waals surface area contributed by atoms with Gasteiger partial charge in [-0.05, 0) is 60.2 Å². The van der Waals surface area contributed by atoms with Crippen molar-refractivity contribution in [2.75, 3.05) is 34.4 Å². The van der Waals surface area contributed by atoms with Gasteiger partial charge >= 0.3 is 6.03 Å². The first-order valence-electron chi connectivity index (χ1n) is 9.54. The van der Waals surface area contributed by atoms with Crippen LogP contribution in [0.5, 0.6) is 17.2 Å². The van der Waals surface area contributed by atoms with Gasteiger partial charge in [-0.2, -0.15) is 0 Å². The van der Waals surface area contributed by atoms with Crippen LogP contribution in [0.15, 0.2) is 36.4 Å². The van der Waals surface area contributed by atoms with Gasteiger partial charge in [-0.1, -0.05) is 12.1 Å². The fraction of sp³-hybridized carbons (Fsp3) is 0.409. The zero-order valence-corrected chi connectivity index (χ0v) is 16.8. The summed E-state index contributed by atoms with van der Waals surface area (Å²) in [7, 11) is 4.93. The summed E-state index contributed by atoms with van der Waals surface area (Å²) >= 11 is 0. The van der Waals surface area contributed by atoms with E-state index in [1.807, 2.05) is 29.2 Å². The zero-order valence-electron chi connectivity index (χ0n) is 16.8. The van der Waals surface area contributed by atoms with Crippen LogP contribution in [0.2, 0.25) is 0 Å². The number of rotatable bonds is 7. The van der Waals surface area contributed by atoms with E-state index in [1.165, 1.54) is 11.1 Å². The Kier molecular flexibility index (Phi) is 6.63. The summed E-state index contributed by atoms with van der Waals surface area (Å²) in [6.45, 7) is 1.94. The molecule has 0 aliphatic carbocycles. The highest BCUT2D eigenvalue weighted by Gasteiger charge is 2.22. The standard InChI is InChI=1S/C22H28N2O4/c1-26-19-8-6-16(7-9-19)5-4-11-23-22(25)24-12-10-17-13-20(27-2)21(28-3)14-18(17)15-24/h6-9,13-14H,4-5,10-12,15H2,1-3H3,(H,23,25). The predicted octanol–water partition coefficient (Wildman–Crippen LogP) is 3.41. The first kappa shape index (κ1) is 19.9. The Morgan fingerprint density at radius 1 is 1.00 bits per heavy atom. The largest absolute Gasteiger partial charge is 0.497 e. The molecule has 0 fully saturated rings. The van der Waals surface area contributed by atoms with E-state index < -0.39 is 0 Å². The van der Waals surface area contributed by atoms with Gasteiger partial charge < -0.3 is 24.4 Å². The van der Waals surface area contributed by atoms with Crippen molar-refractivity contribution in [2.45, 2.75) is 25.8 Å². The highest BCUT2D eigenvalue weighted by atomic mass is 16.5. The number of fused-ring (bicyclic) bond motifs is 1. The van der Waals surface area contributed by atoms with Crippen LogP contribution >= 0.6 is 0 Å². The maximum Gasteiger partial charge on any atom is 0.317 e. The SMILES string of the molecule is COc1ccc(CCCNC(=O)N2CCc3cc(OC)c(OC)cc3C2)cc1. The number of ether oxygens (including phenoxy) is 3. The molecule has 0 spiro atoms. The molecule has 0 radical (unpaired) electrons. The van der Waals surface area contributed by atoms with Gasteiger partial charge in [0.15, 0.2) is 11.5 Å². The zero-order chi connectivity index (χ0) is 19.9. The van der Waals surface area contributed by atoms with Crippen LogP contribution in [0.25, 0.3) is 0 Å². The second-order valence-corrected chi connectivity index (χ2v) is 6.83. The Morgan fingerprint density at radius 3 is 2.32 bits per heavy atom. The topological polar surface area (TPSA) is 60.0 Å². The number of carbonyl (C=O) groups excluding carboxylic acids is 1. The van der Waals surface area contributed by atoms with Gasteiger partial charge in [-0.15, -0.1) is 0 Å². The molecule has 1 aliphatic rings. The van der Waals surface area contributed by atoms with Crippen molar-refractivity contribution in [3.05, 3.63) is 53.1 Å². The van der Waals surface area contributed by atoms with E-state index in [1.54, 1.807) is 21.3 Å². The lowest BCUT2D eigenvalue weighted by Crippen LogP contribution is -2.43. The van der Waals surface area contributed by atoms with Gasteiger partial charge in [0, 0.05) is 19.6 Å². The van der Waals surface area contributed by atoms with E-state index in [0.717, 1.165) is 36.3 Å². The van der Waals surface area contributed by atoms with Crippen molar-refractivity contribution < 1.29 is 19.0 Å². The summed E-state index contributed by atoms with van der Waals surface area (Å²) in [6.07, 6.45) is 2.63. The van der Waals surface area contributed by atoms with E-state index in [0.29, 0.717) is 25.4 Å². The molecule has 2 aromatic rings. The van der Waals surface area contributed by atoms with E-state index in [2.05, 4.69) is 17.4 Å². The maximum absolute atomic E-state index is 12.5. The van der Waals surface area contributed by atoms with Crippen LogP contribution in [0.4, 0.5) is 4.79 Å². The Labute approximate surface area is 166 Å². The van der Waals surface area contributed by atoms with Crippen LogP contribution in [0.3, 0.4) is 0 Å². The third-order valence-corrected chi connectivity index (χ3v) is 5.08. The second-order valence-electron chi connectivity index (χ2n) is 6.83. The highest BCUT2D eigenvalue weighted by molar-refractivity contribution is 5.74. The summed E-state index contributed by atoms with van der Waals surface area (Å²) in [5.41, 5.74) is 3.56. The van der Waals surface area contributed by atoms with Crippen molar-refractivity contribution in [2.24, 2.45) is 0 Å². The van der Waals surface area contributed by atoms with Crippen LogP contribution < -0.4 is 19.5 Å². The minimum Gasteiger partial charge on any atom is -0.497 e. The van der Waals surface area contributed by atoms with Gasteiger partial charge in [0.2, 0.25) is 0 Å². The molecule has 2 amide bonds. The smallest absolute Gasteiger partial charge is 0.317 e. The molecule has 0 atom stereocenters. The number of aryl methyl sites for hydroxylation is 1. The molecule has 150 valence electrons. The highest BCUT2D eigenvalue weighted by Crippen LogP contribution is 2.33. The molecule has 1 aliphatic heterocycles. The molecule has 0 aromatic heterocycles. The quantitative estimate of drug-likeness (QED) is 0.743. The van der Waals surface area contributed by atoms with Crippen molar-refractivity contribution in [3.63, 3.8) is 0 Å². The first-order valence-corrected chi connectivity index (χ1v) is 9.54. The Morgan fingerprint density at radius 2 is 1.68 bits per heavy atom. The van der Waals surface area contributed by atoms with Crippen LogP contribution in [0.1, 0.15) is 23.1 Å². The van der Waals surface area contributed by atoms with E-state index in [4.69, 9.17) is 14.2 Å². The van der Waals surface area contributed by atoms with Gasteiger partial charge in [-0.25, -0.2) is 4.79 Å². The number of hydrogen-bond acceptors (Lipinski definition) is 4. The molecule has 0 saturated heterocycles.